The maximum atomic E-state index is 12.9. The Labute approximate surface area is 148 Å². The molecule has 1 atom stereocenters. The topological polar surface area (TPSA) is 77.2 Å². The van der Waals surface area contributed by atoms with E-state index in [1.165, 1.54) is 0 Å². The van der Waals surface area contributed by atoms with Crippen LogP contribution in [0, 0.1) is 5.92 Å². The lowest BCUT2D eigenvalue weighted by atomic mass is 10.1. The molecule has 10 heteroatoms. The summed E-state index contributed by atoms with van der Waals surface area (Å²) in [4.78, 5) is 3.35. The van der Waals surface area contributed by atoms with Crippen molar-refractivity contribution in [2.75, 3.05) is 13.2 Å². The van der Waals surface area contributed by atoms with Crippen molar-refractivity contribution in [2.45, 2.75) is 32.1 Å². The van der Waals surface area contributed by atoms with Crippen molar-refractivity contribution in [1.29, 1.82) is 0 Å². The molecule has 1 aliphatic rings. The molecule has 6 nitrogen and oxygen atoms in total. The Morgan fingerprint density at radius 1 is 1.31 bits per heavy atom. The molecule has 2 aromatic rings. The van der Waals surface area contributed by atoms with Crippen LogP contribution in [-0.4, -0.2) is 23.3 Å². The van der Waals surface area contributed by atoms with Crippen LogP contribution in [0.2, 0.25) is 0 Å². The summed E-state index contributed by atoms with van der Waals surface area (Å²) in [6, 6.07) is 6.47. The molecule has 0 aliphatic heterocycles. The van der Waals surface area contributed by atoms with Gasteiger partial charge in [-0.25, -0.2) is 5.09 Å². The second-order valence-corrected chi connectivity index (χ2v) is 8.41. The van der Waals surface area contributed by atoms with Crippen LogP contribution >= 0.6 is 7.52 Å². The Bertz CT molecular complexity index is 788. The Hall–Kier alpha value is -1.70. The number of benzene rings is 1. The van der Waals surface area contributed by atoms with Gasteiger partial charge < -0.3 is 9.05 Å². The van der Waals surface area contributed by atoms with Crippen LogP contribution in [0.3, 0.4) is 0 Å². The van der Waals surface area contributed by atoms with Crippen molar-refractivity contribution in [1.82, 2.24) is 15.2 Å². The summed E-state index contributed by atoms with van der Waals surface area (Å²) in [5, 5.41) is 6.39. The number of nitrogens with one attached hydrogen (secondary N) is 1. The average Bonchev–Trinajstić information content (AvgIpc) is 3.27. The minimum Gasteiger partial charge on any atom is -0.329 e. The Morgan fingerprint density at radius 2 is 2.00 bits per heavy atom. The molecule has 1 unspecified atom stereocenters. The van der Waals surface area contributed by atoms with Gasteiger partial charge in [-0.1, -0.05) is 29.4 Å². The zero-order valence-electron chi connectivity index (χ0n) is 14.1. The van der Waals surface area contributed by atoms with Gasteiger partial charge in [-0.15, -0.1) is 0 Å². The molecule has 1 saturated carbocycles. The smallest absolute Gasteiger partial charge is 0.329 e. The molecule has 1 aliphatic carbocycles. The molecular weight excluding hydrogens is 370 g/mol. The zero-order chi connectivity index (χ0) is 18.8. The summed E-state index contributed by atoms with van der Waals surface area (Å²) in [6.07, 6.45) is -2.20. The highest BCUT2D eigenvalue weighted by Crippen LogP contribution is 2.47. The van der Waals surface area contributed by atoms with Crippen LogP contribution in [0.4, 0.5) is 13.2 Å². The molecule has 1 aromatic heterocycles. The fraction of sp³-hybridized carbons (Fsp3) is 0.500. The molecule has 3 rings (SSSR count). The van der Waals surface area contributed by atoms with E-state index in [4.69, 9.17) is 4.52 Å². The van der Waals surface area contributed by atoms with E-state index in [0.29, 0.717) is 24.6 Å². The molecule has 1 aromatic carbocycles. The van der Waals surface area contributed by atoms with E-state index in [-0.39, 0.29) is 12.0 Å². The molecule has 1 heterocycles. The van der Waals surface area contributed by atoms with Gasteiger partial charge in [-0.05, 0) is 31.2 Å². The van der Waals surface area contributed by atoms with Gasteiger partial charge >= 0.3 is 12.1 Å². The van der Waals surface area contributed by atoms with Gasteiger partial charge in [0.15, 0.2) is 0 Å². The molecule has 0 amide bonds. The SMILES string of the molecule is CCOP(=O)(Cc1ccc(-c2noc(C(F)(F)F)n2)cc1)NCC1CC1. The van der Waals surface area contributed by atoms with Gasteiger partial charge in [-0.3, -0.25) is 4.57 Å². The van der Waals surface area contributed by atoms with E-state index in [1.807, 2.05) is 0 Å². The van der Waals surface area contributed by atoms with Crippen LogP contribution < -0.4 is 5.09 Å². The summed E-state index contributed by atoms with van der Waals surface area (Å²) < 4.78 is 60.1. The van der Waals surface area contributed by atoms with Gasteiger partial charge in [-0.2, -0.15) is 18.2 Å². The minimum atomic E-state index is -4.68. The van der Waals surface area contributed by atoms with Crippen LogP contribution in [0.5, 0.6) is 0 Å². The van der Waals surface area contributed by atoms with Gasteiger partial charge in [0.2, 0.25) is 5.82 Å². The van der Waals surface area contributed by atoms with Crippen LogP contribution in [0.15, 0.2) is 28.8 Å². The quantitative estimate of drug-likeness (QED) is 0.671. The Morgan fingerprint density at radius 3 is 2.54 bits per heavy atom. The van der Waals surface area contributed by atoms with E-state index < -0.39 is 19.6 Å². The summed E-state index contributed by atoms with van der Waals surface area (Å²) in [5.74, 6) is -0.974. The molecule has 142 valence electrons. The van der Waals surface area contributed by atoms with Crippen LogP contribution in [-0.2, 0) is 21.4 Å². The fourth-order valence-electron chi connectivity index (χ4n) is 2.40. The van der Waals surface area contributed by atoms with E-state index in [9.17, 15) is 17.7 Å². The second kappa shape index (κ2) is 7.50. The van der Waals surface area contributed by atoms with Crippen LogP contribution in [0.1, 0.15) is 31.2 Å². The largest absolute Gasteiger partial charge is 0.471 e. The van der Waals surface area contributed by atoms with Gasteiger partial charge in [0.1, 0.15) is 0 Å². The monoisotopic (exact) mass is 389 g/mol. The average molecular weight is 389 g/mol. The third kappa shape index (κ3) is 4.93. The number of halogens is 3. The van der Waals surface area contributed by atoms with E-state index in [0.717, 1.165) is 18.4 Å². The molecule has 0 bridgehead atoms. The van der Waals surface area contributed by atoms with E-state index in [1.54, 1.807) is 31.2 Å². The maximum Gasteiger partial charge on any atom is 0.471 e. The zero-order valence-corrected chi connectivity index (χ0v) is 15.0. The first-order chi connectivity index (χ1) is 12.3. The predicted octanol–water partition coefficient (Wildman–Crippen LogP) is 4.48. The molecular formula is C16H19F3N3O3P. The first-order valence-corrected chi connectivity index (χ1v) is 10.1. The Balaban J connectivity index is 1.69. The fourth-order valence-corrected chi connectivity index (χ4v) is 4.34. The van der Waals surface area contributed by atoms with Crippen molar-refractivity contribution < 1.29 is 26.8 Å². The third-order valence-corrected chi connectivity index (χ3v) is 6.05. The molecule has 1 N–H and O–H groups in total. The lowest BCUT2D eigenvalue weighted by Gasteiger charge is -2.19. The van der Waals surface area contributed by atoms with Crippen molar-refractivity contribution in [3.8, 4) is 11.4 Å². The van der Waals surface area contributed by atoms with Crippen molar-refractivity contribution >= 4 is 7.52 Å². The predicted molar refractivity (Wildman–Crippen MR) is 88.4 cm³/mol. The maximum absolute atomic E-state index is 12.9. The molecule has 26 heavy (non-hydrogen) atoms. The molecule has 0 saturated heterocycles. The number of nitrogens with zero attached hydrogens (tertiary/aromatic N) is 2. The number of aromatic nitrogens is 2. The van der Waals surface area contributed by atoms with Crippen molar-refractivity contribution in [3.63, 3.8) is 0 Å². The number of alkyl halides is 3. The van der Waals surface area contributed by atoms with E-state index in [2.05, 4.69) is 19.8 Å². The van der Waals surface area contributed by atoms with Gasteiger partial charge in [0.05, 0.1) is 12.8 Å². The number of hydrogen-bond acceptors (Lipinski definition) is 5. The summed E-state index contributed by atoms with van der Waals surface area (Å²) >= 11 is 0. The summed E-state index contributed by atoms with van der Waals surface area (Å²) in [5.41, 5.74) is 1.12. The Kier molecular flexibility index (Phi) is 5.50. The first-order valence-electron chi connectivity index (χ1n) is 8.28. The highest BCUT2D eigenvalue weighted by Gasteiger charge is 2.38. The summed E-state index contributed by atoms with van der Waals surface area (Å²) in [6.45, 7) is 2.78. The van der Waals surface area contributed by atoms with Crippen molar-refractivity contribution in [3.05, 3.63) is 35.7 Å². The number of rotatable bonds is 8. The second-order valence-electron chi connectivity index (χ2n) is 6.17. The number of hydrogen-bond donors (Lipinski definition) is 1. The first kappa shape index (κ1) is 19.1. The summed E-state index contributed by atoms with van der Waals surface area (Å²) in [7, 11) is -3.01. The van der Waals surface area contributed by atoms with E-state index >= 15 is 0 Å². The van der Waals surface area contributed by atoms with Gasteiger partial charge in [0.25, 0.3) is 7.52 Å². The van der Waals surface area contributed by atoms with Gasteiger partial charge in [0, 0.05) is 12.1 Å². The lowest BCUT2D eigenvalue weighted by Crippen LogP contribution is -2.17. The molecule has 1 fully saturated rings. The lowest BCUT2D eigenvalue weighted by molar-refractivity contribution is -0.159. The molecule has 0 radical (unpaired) electrons. The standard InChI is InChI=1S/C16H19F3N3O3P/c1-2-24-26(23,20-9-11-3-4-11)10-12-5-7-13(8-6-12)14-21-15(25-22-14)16(17,18)19/h5-8,11H,2-4,9-10H2,1H3,(H,20,23). The highest BCUT2D eigenvalue weighted by atomic mass is 31.2. The van der Waals surface area contributed by atoms with Crippen LogP contribution in [0.25, 0.3) is 11.4 Å². The normalized spacial score (nSPS) is 17.2. The highest BCUT2D eigenvalue weighted by molar-refractivity contribution is 7.56. The van der Waals surface area contributed by atoms with Crippen molar-refractivity contribution in [2.24, 2.45) is 5.92 Å². The molecule has 0 spiro atoms. The minimum absolute atomic E-state index is 0.149. The third-order valence-electron chi connectivity index (χ3n) is 3.93.